The second-order valence-corrected chi connectivity index (χ2v) is 6.01. The van der Waals surface area contributed by atoms with Crippen LogP contribution in [0.5, 0.6) is 0 Å². The van der Waals surface area contributed by atoms with Crippen LogP contribution in [0.3, 0.4) is 0 Å². The van der Waals surface area contributed by atoms with Crippen molar-refractivity contribution >= 4 is 33.2 Å². The fourth-order valence-electron chi connectivity index (χ4n) is 1.90. The van der Waals surface area contributed by atoms with Gasteiger partial charge in [-0.15, -0.1) is 16.4 Å². The highest BCUT2D eigenvalue weighted by Crippen LogP contribution is 2.26. The summed E-state index contributed by atoms with van der Waals surface area (Å²) in [7, 11) is 0. The summed E-state index contributed by atoms with van der Waals surface area (Å²) in [5.74, 6) is -1.12. The second kappa shape index (κ2) is 5.74. The maximum absolute atomic E-state index is 11.3. The predicted octanol–water partition coefficient (Wildman–Crippen LogP) is 2.91. The largest absolute Gasteiger partial charge is 0.476 e. The number of nitrogens with zero attached hydrogens (tertiary/aromatic N) is 4. The highest BCUT2D eigenvalue weighted by Gasteiger charge is 2.22. The van der Waals surface area contributed by atoms with Crippen molar-refractivity contribution in [2.24, 2.45) is 0 Å². The Morgan fingerprint density at radius 1 is 1.38 bits per heavy atom. The Bertz CT molecular complexity index is 785. The van der Waals surface area contributed by atoms with Crippen molar-refractivity contribution < 1.29 is 9.90 Å². The molecule has 0 aliphatic heterocycles. The molecule has 0 aliphatic rings. The first-order valence-corrected chi connectivity index (χ1v) is 7.64. The van der Waals surface area contributed by atoms with Gasteiger partial charge in [-0.25, -0.2) is 9.48 Å². The van der Waals surface area contributed by atoms with Crippen LogP contribution in [-0.4, -0.2) is 31.1 Å². The van der Waals surface area contributed by atoms with E-state index in [-0.39, 0.29) is 5.69 Å². The second-order valence-electron chi connectivity index (χ2n) is 4.16. The number of rotatable bonds is 4. The number of aromatic nitrogens is 4. The molecule has 0 atom stereocenters. The van der Waals surface area contributed by atoms with Gasteiger partial charge in [0.05, 0.1) is 12.2 Å². The normalized spacial score (nSPS) is 10.7. The van der Waals surface area contributed by atoms with Crippen LogP contribution in [0, 0.1) is 0 Å². The SMILES string of the molecule is O=C(O)c1nnn(Cc2sccc2Br)c1-c1ccccn1. The van der Waals surface area contributed by atoms with E-state index in [1.807, 2.05) is 11.4 Å². The van der Waals surface area contributed by atoms with E-state index in [0.717, 1.165) is 9.35 Å². The summed E-state index contributed by atoms with van der Waals surface area (Å²) < 4.78 is 2.52. The summed E-state index contributed by atoms with van der Waals surface area (Å²) in [4.78, 5) is 16.6. The predicted molar refractivity (Wildman–Crippen MR) is 81.3 cm³/mol. The van der Waals surface area contributed by atoms with Crippen molar-refractivity contribution in [2.75, 3.05) is 0 Å². The number of pyridine rings is 1. The van der Waals surface area contributed by atoms with Gasteiger partial charge in [-0.3, -0.25) is 4.98 Å². The van der Waals surface area contributed by atoms with Gasteiger partial charge < -0.3 is 5.11 Å². The summed E-state index contributed by atoms with van der Waals surface area (Å²) in [5.41, 5.74) is 0.845. The lowest BCUT2D eigenvalue weighted by Gasteiger charge is -2.05. The van der Waals surface area contributed by atoms with Gasteiger partial charge in [0.25, 0.3) is 0 Å². The lowest BCUT2D eigenvalue weighted by Crippen LogP contribution is -2.06. The van der Waals surface area contributed by atoms with Gasteiger partial charge in [-0.1, -0.05) is 11.3 Å². The van der Waals surface area contributed by atoms with Crippen LogP contribution in [0.15, 0.2) is 40.3 Å². The first-order valence-electron chi connectivity index (χ1n) is 5.97. The Balaban J connectivity index is 2.09. The molecule has 0 radical (unpaired) electrons. The zero-order valence-electron chi connectivity index (χ0n) is 10.6. The average molecular weight is 365 g/mol. The smallest absolute Gasteiger partial charge is 0.358 e. The van der Waals surface area contributed by atoms with E-state index < -0.39 is 5.97 Å². The summed E-state index contributed by atoms with van der Waals surface area (Å²) in [6, 6.07) is 7.25. The third-order valence-corrected chi connectivity index (χ3v) is 4.74. The van der Waals surface area contributed by atoms with Crippen molar-refractivity contribution in [1.29, 1.82) is 0 Å². The van der Waals surface area contributed by atoms with Crippen molar-refractivity contribution in [3.05, 3.63) is 50.9 Å². The van der Waals surface area contributed by atoms with Gasteiger partial charge in [0.1, 0.15) is 5.69 Å². The fraction of sp³-hybridized carbons (Fsp3) is 0.0769. The van der Waals surface area contributed by atoms with Crippen molar-refractivity contribution in [2.45, 2.75) is 6.54 Å². The van der Waals surface area contributed by atoms with Gasteiger partial charge in [0.2, 0.25) is 0 Å². The topological polar surface area (TPSA) is 80.9 Å². The van der Waals surface area contributed by atoms with Crippen LogP contribution in [0.4, 0.5) is 0 Å². The van der Waals surface area contributed by atoms with Crippen LogP contribution in [-0.2, 0) is 6.54 Å². The fourth-order valence-corrected chi connectivity index (χ4v) is 3.36. The van der Waals surface area contributed by atoms with Gasteiger partial charge in [0.15, 0.2) is 5.69 Å². The molecule has 0 amide bonds. The first kappa shape index (κ1) is 13.9. The van der Waals surface area contributed by atoms with Crippen LogP contribution >= 0.6 is 27.3 Å². The lowest BCUT2D eigenvalue weighted by molar-refractivity contribution is 0.0691. The number of hydrogen-bond acceptors (Lipinski definition) is 5. The molecule has 0 aromatic carbocycles. The first-order chi connectivity index (χ1) is 10.2. The summed E-state index contributed by atoms with van der Waals surface area (Å²) in [6.45, 7) is 0.435. The zero-order valence-corrected chi connectivity index (χ0v) is 13.0. The molecule has 0 fully saturated rings. The van der Waals surface area contributed by atoms with Crippen LogP contribution < -0.4 is 0 Å². The van der Waals surface area contributed by atoms with Crippen molar-refractivity contribution in [3.8, 4) is 11.4 Å². The van der Waals surface area contributed by atoms with E-state index in [1.165, 1.54) is 0 Å². The Morgan fingerprint density at radius 3 is 2.86 bits per heavy atom. The summed E-state index contributed by atoms with van der Waals surface area (Å²) in [5, 5.41) is 19.0. The van der Waals surface area contributed by atoms with E-state index in [1.54, 1.807) is 40.4 Å². The number of halogens is 1. The van der Waals surface area contributed by atoms with Gasteiger partial charge in [-0.05, 0) is 39.5 Å². The van der Waals surface area contributed by atoms with Gasteiger partial charge in [0, 0.05) is 15.5 Å². The Labute approximate surface area is 132 Å². The minimum absolute atomic E-state index is 0.0959. The van der Waals surface area contributed by atoms with Crippen LogP contribution in [0.1, 0.15) is 15.4 Å². The molecule has 3 rings (SSSR count). The molecule has 8 heteroatoms. The Kier molecular flexibility index (Phi) is 3.80. The zero-order chi connectivity index (χ0) is 14.8. The number of thiophene rings is 1. The molecule has 0 spiro atoms. The molecule has 3 heterocycles. The molecular formula is C13H9BrN4O2S. The highest BCUT2D eigenvalue weighted by atomic mass is 79.9. The molecule has 3 aromatic rings. The van der Waals surface area contributed by atoms with Gasteiger partial charge >= 0.3 is 5.97 Å². The molecule has 21 heavy (non-hydrogen) atoms. The standard InChI is InChI=1S/C13H9BrN4O2S/c14-8-4-6-21-10(8)7-18-12(9-3-1-2-5-15-9)11(13(19)20)16-17-18/h1-6H,7H2,(H,19,20). The number of carbonyl (C=O) groups is 1. The monoisotopic (exact) mass is 364 g/mol. The Morgan fingerprint density at radius 2 is 2.24 bits per heavy atom. The Hall–Kier alpha value is -2.06. The molecular weight excluding hydrogens is 356 g/mol. The molecule has 0 saturated heterocycles. The van der Waals surface area contributed by atoms with Gasteiger partial charge in [-0.2, -0.15) is 0 Å². The molecule has 3 aromatic heterocycles. The van der Waals surface area contributed by atoms with Crippen LogP contribution in [0.2, 0.25) is 0 Å². The van der Waals surface area contributed by atoms with Crippen LogP contribution in [0.25, 0.3) is 11.4 Å². The van der Waals surface area contributed by atoms with E-state index in [2.05, 4.69) is 31.2 Å². The minimum Gasteiger partial charge on any atom is -0.476 e. The van der Waals surface area contributed by atoms with E-state index >= 15 is 0 Å². The minimum atomic E-state index is -1.12. The van der Waals surface area contributed by atoms with E-state index in [9.17, 15) is 9.90 Å². The maximum Gasteiger partial charge on any atom is 0.358 e. The maximum atomic E-state index is 11.3. The molecule has 106 valence electrons. The summed E-state index contributed by atoms with van der Waals surface area (Å²) in [6.07, 6.45) is 1.61. The lowest BCUT2D eigenvalue weighted by atomic mass is 10.2. The quantitative estimate of drug-likeness (QED) is 0.769. The van der Waals surface area contributed by atoms with Crippen molar-refractivity contribution in [1.82, 2.24) is 20.0 Å². The molecule has 0 saturated carbocycles. The van der Waals surface area contributed by atoms with Crippen molar-refractivity contribution in [3.63, 3.8) is 0 Å². The third kappa shape index (κ3) is 2.72. The molecule has 6 nitrogen and oxygen atoms in total. The molecule has 0 bridgehead atoms. The number of hydrogen-bond donors (Lipinski definition) is 1. The number of carboxylic acid groups (broad SMARTS) is 1. The highest BCUT2D eigenvalue weighted by molar-refractivity contribution is 9.10. The average Bonchev–Trinajstić information content (AvgIpc) is 3.07. The summed E-state index contributed by atoms with van der Waals surface area (Å²) >= 11 is 5.02. The molecule has 0 aliphatic carbocycles. The van der Waals surface area contributed by atoms with E-state index in [4.69, 9.17) is 0 Å². The third-order valence-electron chi connectivity index (χ3n) is 2.83. The van der Waals surface area contributed by atoms with E-state index in [0.29, 0.717) is 17.9 Å². The number of aromatic carboxylic acids is 1. The molecule has 1 N–H and O–H groups in total. The number of carboxylic acids is 1. The molecule has 0 unspecified atom stereocenters.